The van der Waals surface area contributed by atoms with Crippen molar-refractivity contribution < 1.29 is 39.9 Å². The quantitative estimate of drug-likeness (QED) is 0.724. The summed E-state index contributed by atoms with van der Waals surface area (Å²) >= 11 is 0. The van der Waals surface area contributed by atoms with Crippen LogP contribution in [0.25, 0.3) is 0 Å². The van der Waals surface area contributed by atoms with Gasteiger partial charge < -0.3 is 5.11 Å². The van der Waals surface area contributed by atoms with Gasteiger partial charge in [-0.3, -0.25) is 4.31 Å². The molecule has 0 amide bonds. The molecule has 11 heteroatoms. The molecule has 4 nitrogen and oxygen atoms in total. The smallest absolute Gasteiger partial charge is 0.392 e. The Morgan fingerprint density at radius 3 is 1.79 bits per heavy atom. The lowest BCUT2D eigenvalue weighted by Crippen LogP contribution is -2.37. The zero-order valence-electron chi connectivity index (χ0n) is 14.3. The topological polar surface area (TPSA) is 57.6 Å². The molecule has 0 saturated heterocycles. The van der Waals surface area contributed by atoms with Gasteiger partial charge in [-0.05, 0) is 37.3 Å². The van der Waals surface area contributed by atoms with Gasteiger partial charge in [0.05, 0.1) is 34.4 Å². The summed E-state index contributed by atoms with van der Waals surface area (Å²) in [7, 11) is -4.84. The Morgan fingerprint density at radius 2 is 1.39 bits per heavy atom. The molecule has 0 aromatic heterocycles. The maximum absolute atomic E-state index is 13.0. The van der Waals surface area contributed by atoms with Crippen molar-refractivity contribution >= 4 is 15.7 Å². The molecule has 28 heavy (non-hydrogen) atoms. The number of hydrogen-bond acceptors (Lipinski definition) is 3. The second-order valence-corrected chi connectivity index (χ2v) is 7.82. The zero-order valence-corrected chi connectivity index (χ0v) is 15.1. The number of sulfonamides is 1. The van der Waals surface area contributed by atoms with Gasteiger partial charge in [0.25, 0.3) is 10.0 Å². The maximum atomic E-state index is 13.0. The van der Waals surface area contributed by atoms with Gasteiger partial charge in [0.2, 0.25) is 0 Å². The van der Waals surface area contributed by atoms with Crippen LogP contribution in [0, 0.1) is 0 Å². The Hall–Kier alpha value is -2.27. The van der Waals surface area contributed by atoms with E-state index in [4.69, 9.17) is 0 Å². The largest absolute Gasteiger partial charge is 0.416 e. The third-order valence-corrected chi connectivity index (χ3v) is 5.39. The molecule has 2 aromatic carbocycles. The molecule has 0 aliphatic heterocycles. The van der Waals surface area contributed by atoms with Crippen molar-refractivity contribution in [2.45, 2.75) is 30.3 Å². The van der Waals surface area contributed by atoms with Crippen LogP contribution in [-0.2, 0) is 22.4 Å². The van der Waals surface area contributed by atoms with E-state index in [0.717, 1.165) is 0 Å². The number of nitrogens with zero attached hydrogens (tertiary/aromatic N) is 1. The highest BCUT2D eigenvalue weighted by molar-refractivity contribution is 7.92. The summed E-state index contributed by atoms with van der Waals surface area (Å²) in [6, 6.07) is 7.16. The van der Waals surface area contributed by atoms with Gasteiger partial charge in [-0.2, -0.15) is 26.3 Å². The SMILES string of the molecule is CC(O)CN(c1ccccc1)S(=O)(=O)c1cc(C(F)(F)F)cc(C(F)(F)F)c1. The van der Waals surface area contributed by atoms with Crippen molar-refractivity contribution in [2.24, 2.45) is 0 Å². The summed E-state index contributed by atoms with van der Waals surface area (Å²) in [6.07, 6.45) is -11.6. The van der Waals surface area contributed by atoms with Crippen LogP contribution in [0.3, 0.4) is 0 Å². The van der Waals surface area contributed by atoms with Gasteiger partial charge in [0.15, 0.2) is 0 Å². The summed E-state index contributed by atoms with van der Waals surface area (Å²) in [4.78, 5) is -1.18. The Kier molecular flexibility index (Phi) is 6.00. The van der Waals surface area contributed by atoms with Crippen LogP contribution in [0.15, 0.2) is 53.4 Å². The van der Waals surface area contributed by atoms with E-state index in [2.05, 4.69) is 0 Å². The van der Waals surface area contributed by atoms with E-state index in [1.807, 2.05) is 0 Å². The van der Waals surface area contributed by atoms with E-state index in [0.29, 0.717) is 4.31 Å². The molecule has 0 bridgehead atoms. The summed E-state index contributed by atoms with van der Waals surface area (Å²) in [5.74, 6) is 0. The van der Waals surface area contributed by atoms with Gasteiger partial charge in [-0.25, -0.2) is 8.42 Å². The first-order valence-corrected chi connectivity index (χ1v) is 9.22. The summed E-state index contributed by atoms with van der Waals surface area (Å²) in [5.41, 5.74) is -3.51. The molecule has 0 heterocycles. The molecule has 2 rings (SSSR count). The lowest BCUT2D eigenvalue weighted by molar-refractivity contribution is -0.143. The minimum atomic E-state index is -5.19. The van der Waals surface area contributed by atoms with Crippen LogP contribution in [0.5, 0.6) is 0 Å². The maximum Gasteiger partial charge on any atom is 0.416 e. The normalized spacial score (nSPS) is 14.0. The minimum Gasteiger partial charge on any atom is -0.392 e. The lowest BCUT2D eigenvalue weighted by Gasteiger charge is -2.26. The standard InChI is InChI=1S/C17H15F6NO3S/c1-11(25)10-24(14-5-3-2-4-6-14)28(26,27)15-8-12(16(18,19)20)7-13(9-15)17(21,22)23/h2-9,11,25H,10H2,1H3. The average Bonchev–Trinajstić information content (AvgIpc) is 2.58. The predicted octanol–water partition coefficient (Wildman–Crippen LogP) is 4.30. The number of para-hydroxylation sites is 1. The van der Waals surface area contributed by atoms with Gasteiger partial charge in [0.1, 0.15) is 0 Å². The van der Waals surface area contributed by atoms with Crippen molar-refractivity contribution in [3.8, 4) is 0 Å². The molecular formula is C17H15F6NO3S. The number of rotatable bonds is 5. The second-order valence-electron chi connectivity index (χ2n) is 5.96. The number of anilines is 1. The third kappa shape index (κ3) is 4.96. The highest BCUT2D eigenvalue weighted by Crippen LogP contribution is 2.38. The molecule has 0 radical (unpaired) electrons. The van der Waals surface area contributed by atoms with E-state index in [1.165, 1.54) is 31.2 Å². The molecule has 1 atom stereocenters. The van der Waals surface area contributed by atoms with Crippen LogP contribution in [0.2, 0.25) is 0 Å². The van der Waals surface area contributed by atoms with Crippen LogP contribution in [0.1, 0.15) is 18.1 Å². The Morgan fingerprint density at radius 1 is 0.929 bits per heavy atom. The number of hydrogen-bond donors (Lipinski definition) is 1. The van der Waals surface area contributed by atoms with Crippen molar-refractivity contribution in [3.05, 3.63) is 59.7 Å². The molecule has 0 aliphatic carbocycles. The predicted molar refractivity (Wildman–Crippen MR) is 89.1 cm³/mol. The van der Waals surface area contributed by atoms with E-state index >= 15 is 0 Å². The number of benzene rings is 2. The van der Waals surface area contributed by atoms with Crippen LogP contribution in [-0.4, -0.2) is 26.2 Å². The van der Waals surface area contributed by atoms with Crippen molar-refractivity contribution in [2.75, 3.05) is 10.8 Å². The van der Waals surface area contributed by atoms with Gasteiger partial charge in [-0.15, -0.1) is 0 Å². The molecular weight excluding hydrogens is 412 g/mol. The highest BCUT2D eigenvalue weighted by atomic mass is 32.2. The monoisotopic (exact) mass is 427 g/mol. The Balaban J connectivity index is 2.71. The first kappa shape index (κ1) is 22.0. The zero-order chi connectivity index (χ0) is 21.3. The van der Waals surface area contributed by atoms with Crippen LogP contribution >= 0.6 is 0 Å². The van der Waals surface area contributed by atoms with E-state index in [1.54, 1.807) is 6.07 Å². The first-order chi connectivity index (χ1) is 12.7. The van der Waals surface area contributed by atoms with Crippen LogP contribution < -0.4 is 4.31 Å². The second kappa shape index (κ2) is 7.63. The lowest BCUT2D eigenvalue weighted by atomic mass is 10.1. The average molecular weight is 427 g/mol. The molecule has 0 saturated carbocycles. The van der Waals surface area contributed by atoms with Gasteiger partial charge in [0, 0.05) is 0 Å². The highest BCUT2D eigenvalue weighted by Gasteiger charge is 2.39. The fourth-order valence-electron chi connectivity index (χ4n) is 2.38. The summed E-state index contributed by atoms with van der Waals surface area (Å²) in [5, 5.41) is 9.60. The number of aliphatic hydroxyl groups is 1. The fraction of sp³-hybridized carbons (Fsp3) is 0.294. The molecule has 1 unspecified atom stereocenters. The van der Waals surface area contributed by atoms with E-state index in [-0.39, 0.29) is 23.9 Å². The summed E-state index contributed by atoms with van der Waals surface area (Å²) in [6.45, 7) is 0.669. The summed E-state index contributed by atoms with van der Waals surface area (Å²) < 4.78 is 105. The van der Waals surface area contributed by atoms with Crippen molar-refractivity contribution in [1.29, 1.82) is 0 Å². The molecule has 2 aromatic rings. The third-order valence-electron chi connectivity index (χ3n) is 3.62. The minimum absolute atomic E-state index is 0.0191. The van der Waals surface area contributed by atoms with Crippen LogP contribution in [0.4, 0.5) is 32.0 Å². The van der Waals surface area contributed by atoms with E-state index in [9.17, 15) is 39.9 Å². The van der Waals surface area contributed by atoms with Gasteiger partial charge >= 0.3 is 12.4 Å². The number of alkyl halides is 6. The number of aliphatic hydroxyl groups excluding tert-OH is 1. The molecule has 154 valence electrons. The van der Waals surface area contributed by atoms with E-state index < -0.39 is 51.0 Å². The Labute approximate surface area is 157 Å². The fourth-order valence-corrected chi connectivity index (χ4v) is 4.00. The number of halogens is 6. The molecule has 0 spiro atoms. The molecule has 0 fully saturated rings. The first-order valence-electron chi connectivity index (χ1n) is 7.78. The Bertz CT molecular complexity index is 892. The van der Waals surface area contributed by atoms with Crippen molar-refractivity contribution in [1.82, 2.24) is 0 Å². The molecule has 0 aliphatic rings. The van der Waals surface area contributed by atoms with Gasteiger partial charge in [-0.1, -0.05) is 18.2 Å². The van der Waals surface area contributed by atoms with Crippen molar-refractivity contribution in [3.63, 3.8) is 0 Å². The molecule has 1 N–H and O–H groups in total.